The molecule has 2 aromatic carbocycles. The number of carbonyl (C=O) groups excluding carboxylic acids is 1. The molecule has 0 bridgehead atoms. The molecule has 0 N–H and O–H groups in total. The number of amides is 1. The van der Waals surface area contributed by atoms with Crippen LogP contribution < -0.4 is 9.47 Å². The van der Waals surface area contributed by atoms with Gasteiger partial charge in [-0.05, 0) is 48.9 Å². The van der Waals surface area contributed by atoms with E-state index in [0.29, 0.717) is 19.0 Å². The lowest BCUT2D eigenvalue weighted by Crippen LogP contribution is -2.48. The van der Waals surface area contributed by atoms with Crippen molar-refractivity contribution >= 4 is 5.91 Å². The molecule has 2 aliphatic heterocycles. The minimum Gasteiger partial charge on any atom is -0.494 e. The van der Waals surface area contributed by atoms with E-state index >= 15 is 0 Å². The second kappa shape index (κ2) is 10.2. The first-order valence-corrected chi connectivity index (χ1v) is 11.5. The number of methoxy groups -OCH3 is 1. The van der Waals surface area contributed by atoms with Crippen molar-refractivity contribution in [1.82, 2.24) is 4.90 Å². The monoisotopic (exact) mass is 488 g/mol. The van der Waals surface area contributed by atoms with E-state index in [4.69, 9.17) is 14.2 Å². The van der Waals surface area contributed by atoms with Crippen LogP contribution >= 0.6 is 0 Å². The molecule has 6 nitrogen and oxygen atoms in total. The number of nitriles is 1. The van der Waals surface area contributed by atoms with Crippen molar-refractivity contribution in [2.75, 3.05) is 33.4 Å². The van der Waals surface area contributed by atoms with Gasteiger partial charge in [-0.1, -0.05) is 24.3 Å². The van der Waals surface area contributed by atoms with Gasteiger partial charge in [-0.3, -0.25) is 4.79 Å². The van der Waals surface area contributed by atoms with Crippen molar-refractivity contribution in [3.8, 4) is 17.6 Å². The standard InChI is InChI=1S/C26H27F3N2O4/c1-16(26(27,28)29)35-22-8-7-20(13-30)24(33-2)23(22)25(32)31-14-21(15-31)18-5-3-17(4-6-18)19-9-11-34-12-10-19/h3-8,16,19,21H,9-12,14-15H2,1-2H3/t16-/m0/s1. The average molecular weight is 489 g/mol. The van der Waals surface area contributed by atoms with E-state index in [9.17, 15) is 23.2 Å². The highest BCUT2D eigenvalue weighted by Gasteiger charge is 2.40. The molecule has 4 rings (SSSR count). The second-order valence-corrected chi connectivity index (χ2v) is 8.89. The van der Waals surface area contributed by atoms with E-state index < -0.39 is 18.2 Å². The summed E-state index contributed by atoms with van der Waals surface area (Å²) in [5.74, 6) is -0.270. The summed E-state index contributed by atoms with van der Waals surface area (Å²) in [6, 6.07) is 12.8. The maximum absolute atomic E-state index is 13.3. The fourth-order valence-electron chi connectivity index (χ4n) is 4.51. The predicted octanol–water partition coefficient (Wildman–Crippen LogP) is 5.03. The number of nitrogens with zero attached hydrogens (tertiary/aromatic N) is 2. The van der Waals surface area contributed by atoms with Crippen LogP contribution in [0.15, 0.2) is 36.4 Å². The number of benzene rings is 2. The first-order valence-electron chi connectivity index (χ1n) is 11.5. The SMILES string of the molecule is COc1c(C#N)ccc(O[C@@H](C)C(F)(F)F)c1C(=O)N1CC(c2ccc(C3CCOCC3)cc2)C1. The zero-order valence-electron chi connectivity index (χ0n) is 19.6. The van der Waals surface area contributed by atoms with Crippen LogP contribution in [0.4, 0.5) is 13.2 Å². The number of ether oxygens (including phenoxy) is 3. The van der Waals surface area contributed by atoms with E-state index in [1.165, 1.54) is 29.7 Å². The summed E-state index contributed by atoms with van der Waals surface area (Å²) in [7, 11) is 1.27. The Morgan fingerprint density at radius 2 is 1.69 bits per heavy atom. The molecule has 2 heterocycles. The lowest BCUT2D eigenvalue weighted by Gasteiger charge is -2.40. The van der Waals surface area contributed by atoms with Crippen LogP contribution in [0.2, 0.25) is 0 Å². The Balaban J connectivity index is 1.50. The molecule has 0 spiro atoms. The van der Waals surface area contributed by atoms with Gasteiger partial charge < -0.3 is 19.1 Å². The fourth-order valence-corrected chi connectivity index (χ4v) is 4.51. The van der Waals surface area contributed by atoms with Crippen molar-refractivity contribution in [2.45, 2.75) is 43.9 Å². The Bertz CT molecular complexity index is 1100. The van der Waals surface area contributed by atoms with Crippen LogP contribution in [-0.4, -0.2) is 56.5 Å². The topological polar surface area (TPSA) is 71.8 Å². The molecule has 9 heteroatoms. The molecule has 186 valence electrons. The van der Waals surface area contributed by atoms with Crippen molar-refractivity contribution in [2.24, 2.45) is 0 Å². The molecule has 2 aromatic rings. The Labute approximate surface area is 202 Å². The maximum atomic E-state index is 13.3. The molecule has 1 atom stereocenters. The lowest BCUT2D eigenvalue weighted by molar-refractivity contribution is -0.189. The fraction of sp³-hybridized carbons (Fsp3) is 0.462. The van der Waals surface area contributed by atoms with Gasteiger partial charge in [-0.2, -0.15) is 18.4 Å². The summed E-state index contributed by atoms with van der Waals surface area (Å²) in [6.07, 6.45) is -4.73. The molecule has 2 saturated heterocycles. The number of hydrogen-bond donors (Lipinski definition) is 0. The first kappa shape index (κ1) is 24.9. The van der Waals surface area contributed by atoms with Gasteiger partial charge >= 0.3 is 6.18 Å². The Morgan fingerprint density at radius 1 is 1.09 bits per heavy atom. The summed E-state index contributed by atoms with van der Waals surface area (Å²) >= 11 is 0. The quantitative estimate of drug-likeness (QED) is 0.570. The predicted molar refractivity (Wildman–Crippen MR) is 122 cm³/mol. The third-order valence-electron chi connectivity index (χ3n) is 6.69. The van der Waals surface area contributed by atoms with Gasteiger partial charge in [0.1, 0.15) is 17.4 Å². The molecule has 0 aliphatic carbocycles. The van der Waals surface area contributed by atoms with Gasteiger partial charge in [-0.15, -0.1) is 0 Å². The van der Waals surface area contributed by atoms with Gasteiger partial charge in [0.15, 0.2) is 11.9 Å². The minimum absolute atomic E-state index is 0.0450. The summed E-state index contributed by atoms with van der Waals surface area (Å²) in [5.41, 5.74) is 2.26. The number of carbonyl (C=O) groups is 1. The number of hydrogen-bond acceptors (Lipinski definition) is 5. The molecule has 0 unspecified atom stereocenters. The minimum atomic E-state index is -4.61. The van der Waals surface area contributed by atoms with Gasteiger partial charge in [0.2, 0.25) is 0 Å². The van der Waals surface area contributed by atoms with Gasteiger partial charge in [0, 0.05) is 32.2 Å². The maximum Gasteiger partial charge on any atom is 0.425 e. The van der Waals surface area contributed by atoms with Gasteiger partial charge in [0.05, 0.1) is 12.7 Å². The van der Waals surface area contributed by atoms with Crippen molar-refractivity contribution in [3.05, 3.63) is 58.7 Å². The van der Waals surface area contributed by atoms with E-state index in [2.05, 4.69) is 24.3 Å². The van der Waals surface area contributed by atoms with E-state index in [0.717, 1.165) is 38.5 Å². The van der Waals surface area contributed by atoms with Crippen LogP contribution in [0.25, 0.3) is 0 Å². The molecular formula is C26H27F3N2O4. The molecule has 35 heavy (non-hydrogen) atoms. The summed E-state index contributed by atoms with van der Waals surface area (Å²) in [5, 5.41) is 9.39. The smallest absolute Gasteiger partial charge is 0.425 e. The zero-order valence-corrected chi connectivity index (χ0v) is 19.6. The Morgan fingerprint density at radius 3 is 2.23 bits per heavy atom. The van der Waals surface area contributed by atoms with Crippen molar-refractivity contribution in [1.29, 1.82) is 5.26 Å². The molecule has 0 aromatic heterocycles. The molecule has 2 aliphatic rings. The highest BCUT2D eigenvalue weighted by molar-refractivity contribution is 6.01. The van der Waals surface area contributed by atoms with Crippen LogP contribution in [-0.2, 0) is 4.74 Å². The van der Waals surface area contributed by atoms with Crippen LogP contribution in [0, 0.1) is 11.3 Å². The van der Waals surface area contributed by atoms with E-state index in [1.807, 2.05) is 6.07 Å². The van der Waals surface area contributed by atoms with Crippen molar-refractivity contribution < 1.29 is 32.2 Å². The highest BCUT2D eigenvalue weighted by atomic mass is 19.4. The molecule has 2 fully saturated rings. The number of rotatable bonds is 6. The largest absolute Gasteiger partial charge is 0.494 e. The van der Waals surface area contributed by atoms with Gasteiger partial charge in [0.25, 0.3) is 5.91 Å². The Kier molecular flexibility index (Phi) is 7.22. The molecule has 0 saturated carbocycles. The molecule has 0 radical (unpaired) electrons. The van der Waals surface area contributed by atoms with E-state index in [-0.39, 0.29) is 28.5 Å². The third kappa shape index (κ3) is 5.22. The number of halogens is 3. The van der Waals surface area contributed by atoms with Crippen molar-refractivity contribution in [3.63, 3.8) is 0 Å². The summed E-state index contributed by atoms with van der Waals surface area (Å²) in [6.45, 7) is 3.22. The third-order valence-corrected chi connectivity index (χ3v) is 6.69. The second-order valence-electron chi connectivity index (χ2n) is 8.89. The summed E-state index contributed by atoms with van der Waals surface area (Å²) in [4.78, 5) is 14.9. The Hall–Kier alpha value is -3.25. The first-order chi connectivity index (χ1) is 16.7. The normalized spacial score (nSPS) is 17.9. The number of alkyl halides is 3. The average Bonchev–Trinajstić information content (AvgIpc) is 2.83. The van der Waals surface area contributed by atoms with E-state index in [1.54, 1.807) is 0 Å². The van der Waals surface area contributed by atoms with Crippen LogP contribution in [0.3, 0.4) is 0 Å². The van der Waals surface area contributed by atoms with Gasteiger partial charge in [-0.25, -0.2) is 0 Å². The number of likely N-dealkylation sites (tertiary alicyclic amines) is 1. The molecule has 1 amide bonds. The van der Waals surface area contributed by atoms with Crippen LogP contribution in [0.1, 0.15) is 58.6 Å². The highest BCUT2D eigenvalue weighted by Crippen LogP contribution is 2.38. The summed E-state index contributed by atoms with van der Waals surface area (Å²) < 4.78 is 55.1. The zero-order chi connectivity index (χ0) is 25.2. The molecular weight excluding hydrogens is 461 g/mol. The lowest BCUT2D eigenvalue weighted by atomic mass is 9.87. The van der Waals surface area contributed by atoms with Crippen LogP contribution in [0.5, 0.6) is 11.5 Å².